The van der Waals surface area contributed by atoms with Crippen LogP contribution in [0.5, 0.6) is 11.5 Å². The van der Waals surface area contributed by atoms with Gasteiger partial charge in [0.05, 0.1) is 25.1 Å². The summed E-state index contributed by atoms with van der Waals surface area (Å²) in [7, 11) is 3.14. The lowest BCUT2D eigenvalue weighted by Crippen LogP contribution is -2.30. The van der Waals surface area contributed by atoms with E-state index in [0.717, 1.165) is 5.56 Å². The molecule has 2 aromatic carbocycles. The molecule has 0 spiro atoms. The molecule has 164 valence electrons. The van der Waals surface area contributed by atoms with Crippen molar-refractivity contribution in [2.75, 3.05) is 32.6 Å². The van der Waals surface area contributed by atoms with E-state index in [-0.39, 0.29) is 23.9 Å². The Balaban J connectivity index is 1.59. The van der Waals surface area contributed by atoms with Crippen LogP contribution in [0.1, 0.15) is 17.5 Å². The zero-order valence-electron chi connectivity index (χ0n) is 17.7. The molecular formula is C22H25N3O6. The van der Waals surface area contributed by atoms with Gasteiger partial charge in [-0.05, 0) is 37.1 Å². The molecule has 0 saturated carbocycles. The van der Waals surface area contributed by atoms with Crippen LogP contribution in [0.15, 0.2) is 36.4 Å². The molecule has 2 amide bonds. The second-order valence-corrected chi connectivity index (χ2v) is 7.43. The largest absolute Gasteiger partial charge is 0.493 e. The number of amides is 2. The number of carbonyl (C=O) groups is 2. The molecule has 1 aliphatic heterocycles. The Kier molecular flexibility index (Phi) is 6.74. The molecule has 3 rings (SSSR count). The summed E-state index contributed by atoms with van der Waals surface area (Å²) in [6.07, 6.45) is 0.732. The summed E-state index contributed by atoms with van der Waals surface area (Å²) in [6.45, 7) is 2.43. The van der Waals surface area contributed by atoms with Gasteiger partial charge >= 0.3 is 0 Å². The van der Waals surface area contributed by atoms with Crippen molar-refractivity contribution < 1.29 is 24.0 Å². The molecule has 1 saturated heterocycles. The van der Waals surface area contributed by atoms with Crippen LogP contribution in [0.4, 0.5) is 11.4 Å². The van der Waals surface area contributed by atoms with Gasteiger partial charge in [-0.1, -0.05) is 12.1 Å². The van der Waals surface area contributed by atoms with Crippen LogP contribution in [0.2, 0.25) is 0 Å². The molecule has 0 aromatic heterocycles. The number of aryl methyl sites for hydroxylation is 1. The number of hydrogen-bond donors (Lipinski definition) is 1. The number of nitro benzene ring substituents is 1. The third-order valence-electron chi connectivity index (χ3n) is 5.38. The zero-order valence-corrected chi connectivity index (χ0v) is 17.7. The van der Waals surface area contributed by atoms with E-state index in [1.54, 1.807) is 38.2 Å². The molecule has 1 aliphatic rings. The van der Waals surface area contributed by atoms with Gasteiger partial charge in [-0.15, -0.1) is 0 Å². The molecule has 1 fully saturated rings. The van der Waals surface area contributed by atoms with Crippen LogP contribution < -0.4 is 14.8 Å². The predicted molar refractivity (Wildman–Crippen MR) is 114 cm³/mol. The normalized spacial score (nSPS) is 15.6. The predicted octanol–water partition coefficient (Wildman–Crippen LogP) is 2.95. The Morgan fingerprint density at radius 1 is 1.19 bits per heavy atom. The highest BCUT2D eigenvalue weighted by Gasteiger charge is 2.34. The molecule has 0 radical (unpaired) electrons. The fourth-order valence-electron chi connectivity index (χ4n) is 3.59. The number of methoxy groups -OCH3 is 2. The maximum absolute atomic E-state index is 12.6. The number of likely N-dealkylation sites (tertiary alicyclic amines) is 1. The van der Waals surface area contributed by atoms with Crippen molar-refractivity contribution in [2.24, 2.45) is 5.92 Å². The Labute approximate surface area is 180 Å². The average Bonchev–Trinajstić information content (AvgIpc) is 3.13. The van der Waals surface area contributed by atoms with E-state index >= 15 is 0 Å². The monoisotopic (exact) mass is 427 g/mol. The molecule has 2 aromatic rings. The van der Waals surface area contributed by atoms with Crippen LogP contribution in [0.25, 0.3) is 0 Å². The molecule has 1 unspecified atom stereocenters. The molecule has 9 nitrogen and oxygen atoms in total. The summed E-state index contributed by atoms with van der Waals surface area (Å²) in [5.41, 5.74) is 1.79. The number of benzene rings is 2. The van der Waals surface area contributed by atoms with E-state index in [1.165, 1.54) is 6.07 Å². The molecule has 0 bridgehead atoms. The van der Waals surface area contributed by atoms with E-state index in [0.29, 0.717) is 42.3 Å². The second-order valence-electron chi connectivity index (χ2n) is 7.43. The van der Waals surface area contributed by atoms with Crippen LogP contribution >= 0.6 is 0 Å². The maximum atomic E-state index is 12.6. The van der Waals surface area contributed by atoms with Crippen LogP contribution in [0, 0.1) is 23.0 Å². The molecular weight excluding hydrogens is 402 g/mol. The molecule has 9 heteroatoms. The van der Waals surface area contributed by atoms with Crippen LogP contribution in [-0.2, 0) is 16.0 Å². The van der Waals surface area contributed by atoms with E-state index < -0.39 is 10.8 Å². The summed E-state index contributed by atoms with van der Waals surface area (Å²) in [5, 5.41) is 13.8. The maximum Gasteiger partial charge on any atom is 0.274 e. The van der Waals surface area contributed by atoms with Gasteiger partial charge in [0.25, 0.3) is 5.69 Å². The number of carbonyl (C=O) groups excluding carboxylic acids is 2. The lowest BCUT2D eigenvalue weighted by Gasteiger charge is -2.17. The number of ether oxygens (including phenoxy) is 2. The average molecular weight is 427 g/mol. The zero-order chi connectivity index (χ0) is 22.5. The SMILES string of the molecule is COc1ccc(CCN2CC(C(=O)Nc3ccc(C)c([N+](=O)[O-])c3)CC2=O)cc1OC. The van der Waals surface area contributed by atoms with Gasteiger partial charge < -0.3 is 19.7 Å². The quantitative estimate of drug-likeness (QED) is 0.512. The van der Waals surface area contributed by atoms with Gasteiger partial charge in [0.15, 0.2) is 11.5 Å². The minimum absolute atomic E-state index is 0.0585. The summed E-state index contributed by atoms with van der Waals surface area (Å²) in [6, 6.07) is 10.1. The van der Waals surface area contributed by atoms with Gasteiger partial charge in [0.1, 0.15) is 0 Å². The number of rotatable bonds is 8. The molecule has 31 heavy (non-hydrogen) atoms. The fraction of sp³-hybridized carbons (Fsp3) is 0.364. The third kappa shape index (κ3) is 5.11. The standard InChI is InChI=1S/C22H25N3O6/c1-14-4-6-17(12-18(14)25(28)29)23-22(27)16-11-21(26)24(13-16)9-8-15-5-7-19(30-2)20(10-15)31-3/h4-7,10,12,16H,8-9,11,13H2,1-3H3,(H,23,27). The first-order valence-electron chi connectivity index (χ1n) is 9.87. The summed E-state index contributed by atoms with van der Waals surface area (Å²) in [5.74, 6) is 0.350. The Morgan fingerprint density at radius 2 is 1.94 bits per heavy atom. The minimum Gasteiger partial charge on any atom is -0.493 e. The highest BCUT2D eigenvalue weighted by molar-refractivity contribution is 5.97. The Bertz CT molecular complexity index is 1010. The number of hydrogen-bond acceptors (Lipinski definition) is 6. The molecule has 0 aliphatic carbocycles. The molecule has 1 N–H and O–H groups in total. The van der Waals surface area contributed by atoms with Gasteiger partial charge in [0.2, 0.25) is 11.8 Å². The van der Waals surface area contributed by atoms with E-state index in [1.807, 2.05) is 18.2 Å². The third-order valence-corrected chi connectivity index (χ3v) is 5.38. The second kappa shape index (κ2) is 9.46. The molecule has 1 heterocycles. The topological polar surface area (TPSA) is 111 Å². The van der Waals surface area contributed by atoms with Gasteiger partial charge in [-0.2, -0.15) is 0 Å². The van der Waals surface area contributed by atoms with E-state index in [4.69, 9.17) is 9.47 Å². The van der Waals surface area contributed by atoms with Crippen LogP contribution in [-0.4, -0.2) is 48.9 Å². The van der Waals surface area contributed by atoms with Crippen molar-refractivity contribution in [3.63, 3.8) is 0 Å². The van der Waals surface area contributed by atoms with E-state index in [2.05, 4.69) is 5.32 Å². The Morgan fingerprint density at radius 3 is 2.61 bits per heavy atom. The summed E-state index contributed by atoms with van der Waals surface area (Å²) >= 11 is 0. The van der Waals surface area contributed by atoms with Crippen molar-refractivity contribution in [3.05, 3.63) is 57.6 Å². The first-order valence-corrected chi connectivity index (χ1v) is 9.87. The van der Waals surface area contributed by atoms with Crippen molar-refractivity contribution in [1.82, 2.24) is 4.90 Å². The number of nitrogens with one attached hydrogen (secondary N) is 1. The highest BCUT2D eigenvalue weighted by atomic mass is 16.6. The smallest absolute Gasteiger partial charge is 0.274 e. The lowest BCUT2D eigenvalue weighted by atomic mass is 10.1. The number of nitro groups is 1. The highest BCUT2D eigenvalue weighted by Crippen LogP contribution is 2.28. The van der Waals surface area contributed by atoms with Crippen molar-refractivity contribution in [2.45, 2.75) is 19.8 Å². The fourth-order valence-corrected chi connectivity index (χ4v) is 3.59. The minimum atomic E-state index is -0.502. The first kappa shape index (κ1) is 22.1. The molecule has 1 atom stereocenters. The number of nitrogens with zero attached hydrogens (tertiary/aromatic N) is 2. The first-order chi connectivity index (χ1) is 14.8. The van der Waals surface area contributed by atoms with E-state index in [9.17, 15) is 19.7 Å². The Hall–Kier alpha value is -3.62. The summed E-state index contributed by atoms with van der Waals surface area (Å²) < 4.78 is 10.5. The van der Waals surface area contributed by atoms with Gasteiger partial charge in [-0.3, -0.25) is 19.7 Å². The van der Waals surface area contributed by atoms with Gasteiger partial charge in [0, 0.05) is 36.8 Å². The number of anilines is 1. The van der Waals surface area contributed by atoms with Crippen molar-refractivity contribution in [3.8, 4) is 11.5 Å². The van der Waals surface area contributed by atoms with Crippen LogP contribution in [0.3, 0.4) is 0 Å². The summed E-state index contributed by atoms with van der Waals surface area (Å²) in [4.78, 5) is 37.3. The lowest BCUT2D eigenvalue weighted by molar-refractivity contribution is -0.385. The van der Waals surface area contributed by atoms with Crippen molar-refractivity contribution in [1.29, 1.82) is 0 Å². The van der Waals surface area contributed by atoms with Gasteiger partial charge in [-0.25, -0.2) is 0 Å². The van der Waals surface area contributed by atoms with Crippen molar-refractivity contribution >= 4 is 23.2 Å².